The van der Waals surface area contributed by atoms with Crippen molar-refractivity contribution in [1.29, 1.82) is 0 Å². The Labute approximate surface area is 129 Å². The van der Waals surface area contributed by atoms with Crippen LogP contribution in [0.5, 0.6) is 0 Å². The molecule has 0 saturated heterocycles. The van der Waals surface area contributed by atoms with Gasteiger partial charge in [0.05, 0.1) is 0 Å². The Kier molecular flexibility index (Phi) is 6.65. The zero-order chi connectivity index (χ0) is 16.1. The molecular formula is C17H29O3P. The molecule has 0 amide bonds. The molecule has 0 aromatic carbocycles. The van der Waals surface area contributed by atoms with Gasteiger partial charge in [-0.2, -0.15) is 0 Å². The van der Waals surface area contributed by atoms with Crippen molar-refractivity contribution in [2.45, 2.75) is 66.2 Å². The van der Waals surface area contributed by atoms with Crippen LogP contribution in [0.2, 0.25) is 0 Å². The fourth-order valence-corrected chi connectivity index (χ4v) is 3.48. The van der Waals surface area contributed by atoms with Crippen LogP contribution >= 0.6 is 7.60 Å². The minimum absolute atomic E-state index is 0.239. The molecule has 0 bridgehead atoms. The van der Waals surface area contributed by atoms with Gasteiger partial charge < -0.3 is 9.79 Å². The topological polar surface area (TPSA) is 57.5 Å². The first-order valence-electron chi connectivity index (χ1n) is 7.78. The van der Waals surface area contributed by atoms with Gasteiger partial charge in [0, 0.05) is 5.82 Å². The van der Waals surface area contributed by atoms with Gasteiger partial charge in [0.25, 0.3) is 0 Å². The van der Waals surface area contributed by atoms with Gasteiger partial charge in [-0.3, -0.25) is 4.57 Å². The monoisotopic (exact) mass is 312 g/mol. The molecule has 0 spiro atoms. The highest BCUT2D eigenvalue weighted by molar-refractivity contribution is 7.55. The lowest BCUT2D eigenvalue weighted by Gasteiger charge is -2.34. The lowest BCUT2D eigenvalue weighted by molar-refractivity contribution is 0.360. The van der Waals surface area contributed by atoms with Crippen LogP contribution in [-0.2, 0) is 4.57 Å². The third kappa shape index (κ3) is 6.34. The molecule has 21 heavy (non-hydrogen) atoms. The molecule has 1 aliphatic rings. The van der Waals surface area contributed by atoms with Crippen molar-refractivity contribution in [3.8, 4) is 0 Å². The van der Waals surface area contributed by atoms with E-state index in [1.54, 1.807) is 6.08 Å². The molecule has 0 atom stereocenters. The smallest absolute Gasteiger partial charge is 0.321 e. The lowest BCUT2D eigenvalue weighted by atomic mass is 9.71. The fourth-order valence-electron chi connectivity index (χ4n) is 3.09. The summed E-state index contributed by atoms with van der Waals surface area (Å²) in [6.45, 7) is 8.89. The summed E-state index contributed by atoms with van der Waals surface area (Å²) >= 11 is 0. The van der Waals surface area contributed by atoms with E-state index in [0.29, 0.717) is 0 Å². The Balaban J connectivity index is 2.92. The van der Waals surface area contributed by atoms with E-state index >= 15 is 0 Å². The summed E-state index contributed by atoms with van der Waals surface area (Å²) in [6.07, 6.45) is 10.1. The number of hydrogen-bond donors (Lipinski definition) is 2. The average Bonchev–Trinajstić information content (AvgIpc) is 2.33. The molecule has 3 nitrogen and oxygen atoms in total. The molecule has 2 N–H and O–H groups in total. The standard InChI is InChI=1S/C17H29O3P/c1-5-7-15(11-13-21(18,19)20)9-10-16-14(2)8-6-12-17(16,3)4/h9,11,13H,5-8,10,12H2,1-4H3,(H2,18,19,20). The van der Waals surface area contributed by atoms with Crippen molar-refractivity contribution < 1.29 is 14.4 Å². The van der Waals surface area contributed by atoms with Gasteiger partial charge in [0.15, 0.2) is 0 Å². The Bertz CT molecular complexity index is 492. The molecule has 0 aromatic heterocycles. The second kappa shape index (κ2) is 7.58. The van der Waals surface area contributed by atoms with Crippen molar-refractivity contribution in [2.24, 2.45) is 5.41 Å². The fraction of sp³-hybridized carbons (Fsp3) is 0.647. The van der Waals surface area contributed by atoms with E-state index in [-0.39, 0.29) is 5.41 Å². The molecule has 0 unspecified atom stereocenters. The summed E-state index contributed by atoms with van der Waals surface area (Å²) < 4.78 is 11.0. The number of rotatable bonds is 6. The summed E-state index contributed by atoms with van der Waals surface area (Å²) in [5.74, 6) is 1.02. The molecule has 0 aromatic rings. The second-order valence-electron chi connectivity index (χ2n) is 6.63. The Hall–Kier alpha value is -0.630. The maximum atomic E-state index is 11.0. The molecule has 0 radical (unpaired) electrons. The van der Waals surface area contributed by atoms with Crippen molar-refractivity contribution in [3.63, 3.8) is 0 Å². The minimum atomic E-state index is -4.07. The Morgan fingerprint density at radius 2 is 2.05 bits per heavy atom. The van der Waals surface area contributed by atoms with Gasteiger partial charge in [0.2, 0.25) is 0 Å². The van der Waals surface area contributed by atoms with Gasteiger partial charge >= 0.3 is 7.60 Å². The van der Waals surface area contributed by atoms with E-state index in [9.17, 15) is 4.57 Å². The lowest BCUT2D eigenvalue weighted by Crippen LogP contribution is -2.20. The predicted molar refractivity (Wildman–Crippen MR) is 89.1 cm³/mol. The average molecular weight is 312 g/mol. The zero-order valence-corrected chi connectivity index (χ0v) is 14.6. The van der Waals surface area contributed by atoms with Gasteiger partial charge in [-0.25, -0.2) is 0 Å². The summed E-state index contributed by atoms with van der Waals surface area (Å²) in [7, 11) is -4.07. The Morgan fingerprint density at radius 3 is 2.57 bits per heavy atom. The summed E-state index contributed by atoms with van der Waals surface area (Å²) in [4.78, 5) is 17.9. The third-order valence-corrected chi connectivity index (χ3v) is 4.81. The van der Waals surface area contributed by atoms with E-state index in [2.05, 4.69) is 33.8 Å². The summed E-state index contributed by atoms with van der Waals surface area (Å²) in [5, 5.41) is 0. The molecule has 0 fully saturated rings. The first kappa shape index (κ1) is 18.4. The van der Waals surface area contributed by atoms with Crippen LogP contribution in [0.15, 0.2) is 34.7 Å². The normalized spacial score (nSPS) is 20.4. The molecule has 1 rings (SSSR count). The van der Waals surface area contributed by atoms with Gasteiger partial charge in [0.1, 0.15) is 0 Å². The Morgan fingerprint density at radius 1 is 1.38 bits per heavy atom. The van der Waals surface area contributed by atoms with Crippen LogP contribution in [0, 0.1) is 5.41 Å². The third-order valence-electron chi connectivity index (χ3n) is 4.28. The van der Waals surface area contributed by atoms with E-state index in [1.807, 2.05) is 0 Å². The maximum absolute atomic E-state index is 11.0. The molecule has 1 aliphatic carbocycles. The molecule has 120 valence electrons. The van der Waals surface area contributed by atoms with Crippen molar-refractivity contribution in [2.75, 3.05) is 0 Å². The highest BCUT2D eigenvalue weighted by atomic mass is 31.2. The molecule has 0 aliphatic heterocycles. The highest BCUT2D eigenvalue weighted by Gasteiger charge is 2.27. The van der Waals surface area contributed by atoms with E-state index in [1.165, 1.54) is 30.4 Å². The first-order chi connectivity index (χ1) is 9.65. The van der Waals surface area contributed by atoms with E-state index in [4.69, 9.17) is 9.79 Å². The van der Waals surface area contributed by atoms with Crippen LogP contribution in [0.3, 0.4) is 0 Å². The minimum Gasteiger partial charge on any atom is -0.321 e. The van der Waals surface area contributed by atoms with Crippen LogP contribution in [0.1, 0.15) is 66.2 Å². The first-order valence-corrected chi connectivity index (χ1v) is 9.46. The highest BCUT2D eigenvalue weighted by Crippen LogP contribution is 2.42. The SMILES string of the molecule is CCCC(C=CP(=O)(O)O)=CCC1=C(C)CCCC1(C)C. The predicted octanol–water partition coefficient (Wildman–Crippen LogP) is 5.32. The van der Waals surface area contributed by atoms with Gasteiger partial charge in [-0.05, 0) is 44.4 Å². The summed E-state index contributed by atoms with van der Waals surface area (Å²) in [6, 6.07) is 0. The molecular weight excluding hydrogens is 283 g/mol. The van der Waals surface area contributed by atoms with Crippen molar-refractivity contribution >= 4 is 7.60 Å². The van der Waals surface area contributed by atoms with Crippen molar-refractivity contribution in [3.05, 3.63) is 34.7 Å². The quantitative estimate of drug-likeness (QED) is 0.396. The largest absolute Gasteiger partial charge is 0.349 e. The number of hydrogen-bond acceptors (Lipinski definition) is 1. The van der Waals surface area contributed by atoms with Crippen LogP contribution in [0.25, 0.3) is 0 Å². The van der Waals surface area contributed by atoms with Gasteiger partial charge in [-0.15, -0.1) is 0 Å². The molecule has 4 heteroatoms. The van der Waals surface area contributed by atoms with Crippen LogP contribution in [-0.4, -0.2) is 9.79 Å². The van der Waals surface area contributed by atoms with Gasteiger partial charge in [-0.1, -0.05) is 56.1 Å². The molecule has 0 saturated carbocycles. The second-order valence-corrected chi connectivity index (χ2v) is 8.11. The van der Waals surface area contributed by atoms with E-state index in [0.717, 1.165) is 30.7 Å². The number of allylic oxidation sites excluding steroid dienone is 5. The van der Waals surface area contributed by atoms with Crippen molar-refractivity contribution in [1.82, 2.24) is 0 Å². The maximum Gasteiger partial charge on any atom is 0.349 e. The zero-order valence-electron chi connectivity index (χ0n) is 13.7. The van der Waals surface area contributed by atoms with Crippen LogP contribution in [0.4, 0.5) is 0 Å². The summed E-state index contributed by atoms with van der Waals surface area (Å²) in [5.41, 5.74) is 4.23. The molecule has 0 heterocycles. The van der Waals surface area contributed by atoms with Crippen LogP contribution < -0.4 is 0 Å². The van der Waals surface area contributed by atoms with E-state index < -0.39 is 7.60 Å².